The third kappa shape index (κ3) is 2.88. The lowest BCUT2D eigenvalue weighted by Gasteiger charge is -2.12. The second kappa shape index (κ2) is 6.57. The standard InChI is InChI=1S/C17H15FN2O4/c1-21-13-8-11(9-14(22-2)15(13)23-3)17-20-19-16(24-17)10-5-4-6-12(18)7-10/h4-9H,1-3H3. The Hall–Kier alpha value is -3.09. The average Bonchev–Trinajstić information content (AvgIpc) is 3.10. The van der Waals surface area contributed by atoms with Gasteiger partial charge in [-0.3, -0.25) is 0 Å². The molecule has 24 heavy (non-hydrogen) atoms. The summed E-state index contributed by atoms with van der Waals surface area (Å²) in [5.41, 5.74) is 1.10. The molecule has 0 aliphatic rings. The molecule has 7 heteroatoms. The van der Waals surface area contributed by atoms with Crippen LogP contribution in [-0.2, 0) is 0 Å². The maximum atomic E-state index is 13.3. The quantitative estimate of drug-likeness (QED) is 0.712. The largest absolute Gasteiger partial charge is 0.493 e. The number of ether oxygens (including phenoxy) is 3. The zero-order valence-electron chi connectivity index (χ0n) is 13.4. The van der Waals surface area contributed by atoms with E-state index in [0.717, 1.165) is 0 Å². The zero-order chi connectivity index (χ0) is 17.1. The van der Waals surface area contributed by atoms with E-state index in [4.69, 9.17) is 18.6 Å². The van der Waals surface area contributed by atoms with Gasteiger partial charge in [0.05, 0.1) is 21.3 Å². The summed E-state index contributed by atoms with van der Waals surface area (Å²) in [4.78, 5) is 0. The first-order valence-corrected chi connectivity index (χ1v) is 7.06. The van der Waals surface area contributed by atoms with Crippen LogP contribution in [0.1, 0.15) is 0 Å². The van der Waals surface area contributed by atoms with Gasteiger partial charge < -0.3 is 18.6 Å². The van der Waals surface area contributed by atoms with Gasteiger partial charge in [-0.2, -0.15) is 0 Å². The molecule has 0 bridgehead atoms. The number of benzene rings is 2. The monoisotopic (exact) mass is 330 g/mol. The van der Waals surface area contributed by atoms with Crippen molar-refractivity contribution >= 4 is 0 Å². The third-order valence-corrected chi connectivity index (χ3v) is 3.41. The summed E-state index contributed by atoms with van der Waals surface area (Å²) < 4.78 is 34.9. The molecule has 6 nitrogen and oxygen atoms in total. The van der Waals surface area contributed by atoms with Gasteiger partial charge in [-0.05, 0) is 30.3 Å². The van der Waals surface area contributed by atoms with Gasteiger partial charge >= 0.3 is 0 Å². The summed E-state index contributed by atoms with van der Waals surface area (Å²) in [6, 6.07) is 9.34. The zero-order valence-corrected chi connectivity index (χ0v) is 13.4. The Morgan fingerprint density at radius 3 is 2.00 bits per heavy atom. The van der Waals surface area contributed by atoms with E-state index < -0.39 is 0 Å². The van der Waals surface area contributed by atoms with E-state index in [0.29, 0.717) is 28.4 Å². The Balaban J connectivity index is 2.04. The van der Waals surface area contributed by atoms with Crippen molar-refractivity contribution in [2.75, 3.05) is 21.3 Å². The second-order valence-electron chi connectivity index (χ2n) is 4.84. The lowest BCUT2D eigenvalue weighted by atomic mass is 10.2. The SMILES string of the molecule is COc1cc(-c2nnc(-c3cccc(F)c3)o2)cc(OC)c1OC. The normalized spacial score (nSPS) is 10.5. The molecule has 0 saturated carbocycles. The first-order chi connectivity index (χ1) is 11.7. The summed E-state index contributed by atoms with van der Waals surface area (Å²) in [5.74, 6) is 1.51. The van der Waals surface area contributed by atoms with Crippen LogP contribution in [0.15, 0.2) is 40.8 Å². The van der Waals surface area contributed by atoms with Crippen LogP contribution in [0.3, 0.4) is 0 Å². The molecule has 0 spiro atoms. The van der Waals surface area contributed by atoms with E-state index in [1.165, 1.54) is 33.5 Å². The number of halogens is 1. The minimum atomic E-state index is -0.375. The van der Waals surface area contributed by atoms with Crippen molar-refractivity contribution < 1.29 is 23.0 Å². The van der Waals surface area contributed by atoms with Crippen LogP contribution in [-0.4, -0.2) is 31.5 Å². The highest BCUT2D eigenvalue weighted by atomic mass is 19.1. The van der Waals surface area contributed by atoms with Gasteiger partial charge in [0.2, 0.25) is 17.5 Å². The molecule has 3 aromatic rings. The highest BCUT2D eigenvalue weighted by molar-refractivity contribution is 5.66. The average molecular weight is 330 g/mol. The van der Waals surface area contributed by atoms with Crippen LogP contribution in [0.25, 0.3) is 22.9 Å². The molecule has 0 atom stereocenters. The fourth-order valence-corrected chi connectivity index (χ4v) is 2.28. The second-order valence-corrected chi connectivity index (χ2v) is 4.84. The van der Waals surface area contributed by atoms with Gasteiger partial charge in [-0.15, -0.1) is 10.2 Å². The lowest BCUT2D eigenvalue weighted by molar-refractivity contribution is 0.324. The minimum absolute atomic E-state index is 0.221. The fraction of sp³-hybridized carbons (Fsp3) is 0.176. The fourth-order valence-electron chi connectivity index (χ4n) is 2.28. The smallest absolute Gasteiger partial charge is 0.248 e. The number of nitrogens with zero attached hydrogens (tertiary/aromatic N) is 2. The summed E-state index contributed by atoms with van der Waals surface area (Å²) in [7, 11) is 4.56. The molecule has 0 amide bonds. The molecule has 0 aliphatic carbocycles. The Kier molecular flexibility index (Phi) is 4.33. The highest BCUT2D eigenvalue weighted by Crippen LogP contribution is 2.41. The molecular weight excluding hydrogens is 315 g/mol. The molecule has 0 N–H and O–H groups in total. The molecule has 0 fully saturated rings. The van der Waals surface area contributed by atoms with Crippen molar-refractivity contribution in [3.8, 4) is 40.2 Å². The van der Waals surface area contributed by atoms with Crippen molar-refractivity contribution in [3.63, 3.8) is 0 Å². The van der Waals surface area contributed by atoms with Crippen molar-refractivity contribution in [2.45, 2.75) is 0 Å². The Morgan fingerprint density at radius 2 is 1.46 bits per heavy atom. The van der Waals surface area contributed by atoms with Crippen LogP contribution >= 0.6 is 0 Å². The van der Waals surface area contributed by atoms with Crippen LogP contribution in [0.5, 0.6) is 17.2 Å². The predicted molar refractivity (Wildman–Crippen MR) is 84.8 cm³/mol. The summed E-state index contributed by atoms with van der Waals surface area (Å²) >= 11 is 0. The molecule has 0 saturated heterocycles. The summed E-state index contributed by atoms with van der Waals surface area (Å²) in [5, 5.41) is 7.97. The van der Waals surface area contributed by atoms with E-state index in [1.807, 2.05) is 0 Å². The molecule has 1 heterocycles. The van der Waals surface area contributed by atoms with E-state index in [1.54, 1.807) is 24.3 Å². The number of hydrogen-bond acceptors (Lipinski definition) is 6. The van der Waals surface area contributed by atoms with E-state index in [2.05, 4.69) is 10.2 Å². The maximum absolute atomic E-state index is 13.3. The van der Waals surface area contributed by atoms with Gasteiger partial charge in [-0.1, -0.05) is 6.07 Å². The van der Waals surface area contributed by atoms with Crippen molar-refractivity contribution in [1.82, 2.24) is 10.2 Å². The van der Waals surface area contributed by atoms with E-state index in [-0.39, 0.29) is 17.6 Å². The summed E-state index contributed by atoms with van der Waals surface area (Å²) in [6.45, 7) is 0. The van der Waals surface area contributed by atoms with E-state index in [9.17, 15) is 4.39 Å². The van der Waals surface area contributed by atoms with Crippen molar-refractivity contribution in [2.24, 2.45) is 0 Å². The molecule has 0 radical (unpaired) electrons. The van der Waals surface area contributed by atoms with Gasteiger partial charge in [0.25, 0.3) is 0 Å². The third-order valence-electron chi connectivity index (χ3n) is 3.41. The van der Waals surface area contributed by atoms with Crippen LogP contribution in [0.4, 0.5) is 4.39 Å². The first-order valence-electron chi connectivity index (χ1n) is 7.06. The van der Waals surface area contributed by atoms with Gasteiger partial charge in [0, 0.05) is 11.1 Å². The van der Waals surface area contributed by atoms with Crippen LogP contribution in [0, 0.1) is 5.82 Å². The first kappa shape index (κ1) is 15.8. The topological polar surface area (TPSA) is 66.6 Å². The van der Waals surface area contributed by atoms with Gasteiger partial charge in [0.15, 0.2) is 11.5 Å². The van der Waals surface area contributed by atoms with Crippen molar-refractivity contribution in [3.05, 3.63) is 42.2 Å². The maximum Gasteiger partial charge on any atom is 0.248 e. The minimum Gasteiger partial charge on any atom is -0.493 e. The summed E-state index contributed by atoms with van der Waals surface area (Å²) in [6.07, 6.45) is 0. The number of rotatable bonds is 5. The molecule has 0 unspecified atom stereocenters. The molecule has 3 rings (SSSR count). The highest BCUT2D eigenvalue weighted by Gasteiger charge is 2.18. The van der Waals surface area contributed by atoms with Crippen molar-refractivity contribution in [1.29, 1.82) is 0 Å². The van der Waals surface area contributed by atoms with Gasteiger partial charge in [0.1, 0.15) is 5.82 Å². The molecule has 2 aromatic carbocycles. The molecule has 1 aromatic heterocycles. The number of methoxy groups -OCH3 is 3. The number of aromatic nitrogens is 2. The lowest BCUT2D eigenvalue weighted by Crippen LogP contribution is -1.95. The molecule has 0 aliphatic heterocycles. The Labute approximate surface area is 137 Å². The predicted octanol–water partition coefficient (Wildman–Crippen LogP) is 3.57. The van der Waals surface area contributed by atoms with E-state index >= 15 is 0 Å². The van der Waals surface area contributed by atoms with Crippen LogP contribution < -0.4 is 14.2 Å². The van der Waals surface area contributed by atoms with Gasteiger partial charge in [-0.25, -0.2) is 4.39 Å². The Morgan fingerprint density at radius 1 is 0.833 bits per heavy atom. The number of hydrogen-bond donors (Lipinski definition) is 0. The molecule has 124 valence electrons. The van der Waals surface area contributed by atoms with Crippen LogP contribution in [0.2, 0.25) is 0 Å². The molecular formula is C17H15FN2O4. The Bertz CT molecular complexity index is 838.